The van der Waals surface area contributed by atoms with Crippen molar-refractivity contribution >= 4 is 25.1 Å². The van der Waals surface area contributed by atoms with Crippen LogP contribution in [0.1, 0.15) is 0 Å². The fourth-order valence-electron chi connectivity index (χ4n) is 0. The Morgan fingerprint density at radius 1 is 1.00 bits per heavy atom. The van der Waals surface area contributed by atoms with Crippen molar-refractivity contribution < 1.29 is 64.8 Å². The van der Waals surface area contributed by atoms with E-state index in [0.717, 1.165) is 0 Å². The normalized spacial score (nSPS) is 5.14. The molecule has 0 aliphatic carbocycles. The van der Waals surface area contributed by atoms with E-state index in [-0.39, 0.29) is 56.6 Å². The van der Waals surface area contributed by atoms with Gasteiger partial charge < -0.3 is 0 Å². The van der Waals surface area contributed by atoms with E-state index in [1.807, 2.05) is 0 Å². The van der Waals surface area contributed by atoms with E-state index in [9.17, 15) is 0 Å². The van der Waals surface area contributed by atoms with Crippen LogP contribution in [0.2, 0.25) is 0 Å². The molecule has 0 saturated carbocycles. The van der Waals surface area contributed by atoms with E-state index in [0.29, 0.717) is 0 Å². The monoisotopic (exact) mass is 160 g/mol. The third-order valence-electron chi connectivity index (χ3n) is 0. The van der Waals surface area contributed by atoms with E-state index < -0.39 is 14.2 Å². The topological polar surface area (TPSA) is 46.1 Å². The summed E-state index contributed by atoms with van der Waals surface area (Å²) in [4.78, 5) is 0. The minimum absolute atomic E-state index is 0. The third kappa shape index (κ3) is 55.0. The van der Waals surface area contributed by atoms with Gasteiger partial charge in [0.25, 0.3) is 0 Å². The standard InChI is InChI=1S/AsO2S.3Li/c2-1(3)4;;;/q-3;3*+1. The molecule has 0 heterocycles. The van der Waals surface area contributed by atoms with E-state index in [1.165, 1.54) is 0 Å². The fraction of sp³-hybridized carbons (Fsp3) is 0. The van der Waals surface area contributed by atoms with Gasteiger partial charge in [0, 0.05) is 0 Å². The van der Waals surface area contributed by atoms with Crippen LogP contribution in [0.15, 0.2) is 0 Å². The van der Waals surface area contributed by atoms with Crippen LogP contribution in [0.3, 0.4) is 0 Å². The first-order valence-electron chi connectivity index (χ1n) is 0.548. The van der Waals surface area contributed by atoms with Gasteiger partial charge in [0.2, 0.25) is 0 Å². The van der Waals surface area contributed by atoms with Crippen molar-refractivity contribution in [3.8, 4) is 0 Å². The Labute approximate surface area is 88.7 Å². The van der Waals surface area contributed by atoms with Crippen molar-refractivity contribution in [2.24, 2.45) is 0 Å². The number of hydrogen-bond donors (Lipinski definition) is 0. The van der Waals surface area contributed by atoms with Crippen molar-refractivity contribution in [1.82, 2.24) is 0 Å². The molecule has 0 aromatic heterocycles. The molecular weight excluding hydrogens is 160 g/mol. The van der Waals surface area contributed by atoms with Gasteiger partial charge in [0.1, 0.15) is 0 Å². The molecule has 0 rings (SSSR count). The predicted molar refractivity (Wildman–Crippen MR) is 13.1 cm³/mol. The molecule has 0 aromatic carbocycles. The van der Waals surface area contributed by atoms with Crippen molar-refractivity contribution in [2.75, 3.05) is 0 Å². The molecule has 0 saturated heterocycles. The van der Waals surface area contributed by atoms with Crippen molar-refractivity contribution in [1.29, 1.82) is 0 Å². The van der Waals surface area contributed by atoms with Crippen LogP contribution >= 0.6 is 0 Å². The van der Waals surface area contributed by atoms with E-state index in [1.54, 1.807) is 0 Å². The molecule has 7 heteroatoms. The molecule has 0 fully saturated rings. The van der Waals surface area contributed by atoms with Gasteiger partial charge in [0.05, 0.1) is 0 Å². The minimum atomic E-state index is -3.10. The van der Waals surface area contributed by atoms with Crippen molar-refractivity contribution in [2.45, 2.75) is 0 Å². The maximum absolute atomic E-state index is 8.93. The third-order valence-corrected chi connectivity index (χ3v) is 0. The summed E-state index contributed by atoms with van der Waals surface area (Å²) in [7, 11) is 3.66. The number of hydrogen-bond acceptors (Lipinski definition) is 3. The van der Waals surface area contributed by atoms with Crippen LogP contribution in [-0.4, -0.2) is 14.2 Å². The molecule has 0 bridgehead atoms. The van der Waals surface area contributed by atoms with E-state index >= 15 is 0 Å². The zero-order valence-electron chi connectivity index (χ0n) is 4.67. The van der Waals surface area contributed by atoms with Gasteiger partial charge >= 0.3 is 89.8 Å². The fourth-order valence-corrected chi connectivity index (χ4v) is 0. The molecular formula is AsLi3O2S. The first-order valence-corrected chi connectivity index (χ1v) is 4.74. The van der Waals surface area contributed by atoms with Crippen LogP contribution in [0.4, 0.5) is 0 Å². The SMILES string of the molecule is [Li+].[Li+].[Li+].[O-][As]([O-])[S-]. The van der Waals surface area contributed by atoms with Gasteiger partial charge in [-0.05, 0) is 0 Å². The summed E-state index contributed by atoms with van der Waals surface area (Å²) in [6.07, 6.45) is 0. The molecule has 0 unspecified atom stereocenters. The van der Waals surface area contributed by atoms with Crippen LogP contribution < -0.4 is 64.8 Å². The Morgan fingerprint density at radius 3 is 1.00 bits per heavy atom. The van der Waals surface area contributed by atoms with Gasteiger partial charge in [-0.25, -0.2) is 0 Å². The van der Waals surface area contributed by atoms with Gasteiger partial charge in [-0.2, -0.15) is 0 Å². The van der Waals surface area contributed by atoms with Gasteiger partial charge in [0.15, 0.2) is 0 Å². The predicted octanol–water partition coefficient (Wildman–Crippen LogP) is -11.7. The average Bonchev–Trinajstić information content (AvgIpc) is 0.811. The second-order valence-electron chi connectivity index (χ2n) is 0.224. The Balaban J connectivity index is -0.0000000150. The zero-order valence-corrected chi connectivity index (χ0v) is 7.37. The Hall–Kier alpha value is 2.62. The average molecular weight is 160 g/mol. The van der Waals surface area contributed by atoms with Crippen molar-refractivity contribution in [3.05, 3.63) is 0 Å². The first-order chi connectivity index (χ1) is 1.73. The summed E-state index contributed by atoms with van der Waals surface area (Å²) in [5, 5.41) is 0. The van der Waals surface area contributed by atoms with Crippen LogP contribution in [0.25, 0.3) is 0 Å². The first kappa shape index (κ1) is 22.6. The summed E-state index contributed by atoms with van der Waals surface area (Å²) in [5.41, 5.74) is 0. The zero-order chi connectivity index (χ0) is 3.58. The summed E-state index contributed by atoms with van der Waals surface area (Å²) >= 11 is -3.10. The molecule has 0 aromatic rings. The van der Waals surface area contributed by atoms with Crippen LogP contribution in [0, 0.1) is 0 Å². The second kappa shape index (κ2) is 15.8. The quantitative estimate of drug-likeness (QED) is 0.261. The molecule has 0 spiro atoms. The second-order valence-corrected chi connectivity index (χ2v) is 2.71. The van der Waals surface area contributed by atoms with Crippen molar-refractivity contribution in [3.63, 3.8) is 0 Å². The van der Waals surface area contributed by atoms with E-state index in [2.05, 4.69) is 10.9 Å². The summed E-state index contributed by atoms with van der Waals surface area (Å²) < 4.78 is 17.9. The van der Waals surface area contributed by atoms with Crippen LogP contribution in [0.5, 0.6) is 0 Å². The van der Waals surface area contributed by atoms with Crippen LogP contribution in [-0.2, 0) is 10.9 Å². The molecule has 0 aliphatic heterocycles. The molecule has 0 atom stereocenters. The summed E-state index contributed by atoms with van der Waals surface area (Å²) in [6, 6.07) is 0. The molecule has 0 aliphatic rings. The Kier molecular flexibility index (Phi) is 51.2. The maximum atomic E-state index is 8.93. The molecule has 0 radical (unpaired) electrons. The molecule has 7 heavy (non-hydrogen) atoms. The Bertz CT molecular complexity index is 17.7. The van der Waals surface area contributed by atoms with Gasteiger partial charge in [-0.3, -0.25) is 0 Å². The number of rotatable bonds is 0. The Morgan fingerprint density at radius 2 is 1.00 bits per heavy atom. The molecule has 2 nitrogen and oxygen atoms in total. The van der Waals surface area contributed by atoms with Gasteiger partial charge in [-0.1, -0.05) is 0 Å². The molecule has 0 amide bonds. The summed E-state index contributed by atoms with van der Waals surface area (Å²) in [5.74, 6) is 0. The summed E-state index contributed by atoms with van der Waals surface area (Å²) in [6.45, 7) is 0. The van der Waals surface area contributed by atoms with E-state index in [4.69, 9.17) is 8.19 Å². The van der Waals surface area contributed by atoms with Gasteiger partial charge in [-0.15, -0.1) is 0 Å². The molecule has 0 N–H and O–H groups in total. The molecule has 26 valence electrons.